The zero-order valence-corrected chi connectivity index (χ0v) is 68.9. The first kappa shape index (κ1) is 105. The van der Waals surface area contributed by atoms with E-state index in [0.29, 0.717) is 30.1 Å². The average molecular weight is 1550 g/mol. The van der Waals surface area contributed by atoms with Crippen LogP contribution in [0, 0.1) is 55.4 Å². The van der Waals surface area contributed by atoms with E-state index in [4.69, 9.17) is 52.1 Å². The van der Waals surface area contributed by atoms with Crippen molar-refractivity contribution in [2.75, 3.05) is 49.8 Å². The second-order valence-corrected chi connectivity index (χ2v) is 24.8. The highest BCUT2D eigenvalue weighted by atomic mass is 16.5. The molecule has 0 saturated heterocycles. The van der Waals surface area contributed by atoms with E-state index in [0.717, 1.165) is 111 Å². The summed E-state index contributed by atoms with van der Waals surface area (Å²) in [7, 11) is 11.7. The summed E-state index contributed by atoms with van der Waals surface area (Å²) >= 11 is 0. The molecule has 0 aliphatic heterocycles. The smallest absolute Gasteiger partial charge is 0.302 e. The number of phenolic OH excluding ortho intramolecular Hbond substituents is 3. The minimum atomic E-state index is -0.349. The number of ether oxygens (including phenoxy) is 11. The Hall–Kier alpha value is -11.1. The van der Waals surface area contributed by atoms with Crippen LogP contribution in [0.4, 0.5) is 0 Å². The highest BCUT2D eigenvalue weighted by Gasteiger charge is 2.11. The first-order chi connectivity index (χ1) is 51.9. The number of benzene rings is 9. The number of hydrogen-bond donors (Lipinski definition) is 3. The summed E-state index contributed by atoms with van der Waals surface area (Å²) in [5.74, 6) is 5.72. The number of esters is 4. The van der Waals surface area contributed by atoms with E-state index in [1.54, 1.807) is 92.2 Å². The van der Waals surface area contributed by atoms with E-state index in [1.165, 1.54) is 72.2 Å². The molecule has 0 aliphatic carbocycles. The van der Waals surface area contributed by atoms with Gasteiger partial charge in [-0.3, -0.25) is 19.2 Å². The van der Waals surface area contributed by atoms with Gasteiger partial charge in [-0.2, -0.15) is 0 Å². The van der Waals surface area contributed by atoms with Gasteiger partial charge in [0.2, 0.25) is 0 Å². The van der Waals surface area contributed by atoms with Gasteiger partial charge >= 0.3 is 23.9 Å². The molecule has 0 aromatic heterocycles. The molecular weight excluding hydrogens is 1420 g/mol. The predicted octanol–water partition coefficient (Wildman–Crippen LogP) is 21.8. The molecule has 0 atom stereocenters. The van der Waals surface area contributed by atoms with Crippen LogP contribution < -0.4 is 33.2 Å². The van der Waals surface area contributed by atoms with Gasteiger partial charge < -0.3 is 67.4 Å². The maximum atomic E-state index is 10.7. The molecule has 112 heavy (non-hydrogen) atoms. The normalized spacial score (nSPS) is 9.43. The lowest BCUT2D eigenvalue weighted by Gasteiger charge is -2.11. The van der Waals surface area contributed by atoms with E-state index in [9.17, 15) is 34.5 Å². The Labute approximate surface area is 671 Å². The topological polar surface area (TPSA) is 230 Å². The van der Waals surface area contributed by atoms with Gasteiger partial charge in [-0.1, -0.05) is 136 Å². The van der Waals surface area contributed by atoms with Gasteiger partial charge in [0.05, 0.1) is 49.8 Å². The summed E-state index contributed by atoms with van der Waals surface area (Å²) in [6.45, 7) is 33.2. The van der Waals surface area contributed by atoms with E-state index in [1.807, 2.05) is 113 Å². The molecule has 0 heterocycles. The van der Waals surface area contributed by atoms with Crippen molar-refractivity contribution in [3.8, 4) is 57.5 Å². The van der Waals surface area contributed by atoms with Crippen LogP contribution in [0.3, 0.4) is 0 Å². The molecule has 0 radical (unpaired) electrons. The van der Waals surface area contributed by atoms with E-state index in [2.05, 4.69) is 97.9 Å². The predicted molar refractivity (Wildman–Crippen MR) is 456 cm³/mol. The molecule has 0 unspecified atom stereocenters. The molecule has 0 saturated carbocycles. The Bertz CT molecular complexity index is 4040. The highest BCUT2D eigenvalue weighted by Crippen LogP contribution is 2.29. The Morgan fingerprint density at radius 3 is 1.02 bits per heavy atom. The Morgan fingerprint density at radius 2 is 0.634 bits per heavy atom. The molecule has 616 valence electrons. The second-order valence-electron chi connectivity index (χ2n) is 24.8. The minimum Gasteiger partial charge on any atom is -0.508 e. The lowest BCUT2D eigenvalue weighted by Crippen LogP contribution is -2.02. The van der Waals surface area contributed by atoms with Crippen LogP contribution in [0.2, 0.25) is 0 Å². The molecule has 0 amide bonds. The molecule has 3 N–H and O–H groups in total. The van der Waals surface area contributed by atoms with Crippen molar-refractivity contribution in [2.45, 2.75) is 199 Å². The Kier molecular flexibility index (Phi) is 55.1. The minimum absolute atomic E-state index is 0. The van der Waals surface area contributed by atoms with Crippen LogP contribution in [0.5, 0.6) is 57.5 Å². The molecule has 9 rings (SSSR count). The fourth-order valence-corrected chi connectivity index (χ4v) is 10.7. The number of rotatable bonds is 20. The maximum Gasteiger partial charge on any atom is 0.302 e. The lowest BCUT2D eigenvalue weighted by atomic mass is 10.0. The third kappa shape index (κ3) is 40.5. The summed E-state index contributed by atoms with van der Waals surface area (Å²) in [5, 5.41) is 28.2. The van der Waals surface area contributed by atoms with Crippen molar-refractivity contribution in [1.82, 2.24) is 0 Å². The SMILES string of the molecule is C.C.C.CC(=O)OCc1c(C)cc(C)cc1O.CC(=O)OCc1ccccc1O.CCc1c(C)cc(C)cc1OC.CCc1c(C)cc(OC)cc1C.CCc1c(O)cccc1OC.CCc1ccc(OC)cc1.CCc1ccccc1OC.COc1cc(C)c(COC(C)=O)c(C)c1.COc1ccc(COC(C)=O)cc1. The van der Waals surface area contributed by atoms with Crippen LogP contribution in [0.25, 0.3) is 0 Å². The second kappa shape index (κ2) is 58.8. The number of aromatic hydroxyl groups is 3. The van der Waals surface area contributed by atoms with Gasteiger partial charge in [-0.25, -0.2) is 0 Å². The van der Waals surface area contributed by atoms with Crippen molar-refractivity contribution < 1.29 is 86.6 Å². The summed E-state index contributed by atoms with van der Waals surface area (Å²) < 4.78 is 55.2. The summed E-state index contributed by atoms with van der Waals surface area (Å²) in [5.41, 5.74) is 18.9. The number of phenols is 3. The molecule has 0 bridgehead atoms. The van der Waals surface area contributed by atoms with Crippen molar-refractivity contribution in [3.05, 3.63) is 258 Å². The summed E-state index contributed by atoms with van der Waals surface area (Å²) in [6, 6.07) is 51.6. The number of para-hydroxylation sites is 2. The summed E-state index contributed by atoms with van der Waals surface area (Å²) in [6.07, 6.45) is 5.04. The van der Waals surface area contributed by atoms with Gasteiger partial charge in [0, 0.05) is 44.4 Å². The monoisotopic (exact) mass is 1550 g/mol. The van der Waals surface area contributed by atoms with Gasteiger partial charge in [-0.05, 0) is 250 Å². The van der Waals surface area contributed by atoms with Crippen LogP contribution in [-0.2, 0) is 96.7 Å². The molecule has 0 fully saturated rings. The molecular formula is C94H132O18. The lowest BCUT2D eigenvalue weighted by molar-refractivity contribution is -0.143. The van der Waals surface area contributed by atoms with Gasteiger partial charge in [-0.15, -0.1) is 0 Å². The molecule has 18 heteroatoms. The van der Waals surface area contributed by atoms with E-state index >= 15 is 0 Å². The fourth-order valence-electron chi connectivity index (χ4n) is 10.7. The number of aryl methyl sites for hydroxylation is 10. The van der Waals surface area contributed by atoms with Crippen LogP contribution in [0.1, 0.15) is 179 Å². The van der Waals surface area contributed by atoms with Crippen LogP contribution in [0.15, 0.2) is 164 Å². The highest BCUT2D eigenvalue weighted by molar-refractivity contribution is 5.67. The van der Waals surface area contributed by atoms with E-state index < -0.39 is 0 Å². The number of hydrogen-bond acceptors (Lipinski definition) is 18. The van der Waals surface area contributed by atoms with Crippen LogP contribution >= 0.6 is 0 Å². The number of carbonyl (C=O) groups excluding carboxylic acids is 4. The van der Waals surface area contributed by atoms with Crippen LogP contribution in [-0.4, -0.2) is 89.0 Å². The largest absolute Gasteiger partial charge is 0.508 e. The van der Waals surface area contributed by atoms with Gasteiger partial charge in [0.25, 0.3) is 0 Å². The third-order valence-corrected chi connectivity index (χ3v) is 16.6. The Balaban J connectivity index is -0.00000119. The molecule has 9 aromatic carbocycles. The fraction of sp³-hybridized carbons (Fsp3) is 0.383. The first-order valence-corrected chi connectivity index (χ1v) is 36.1. The average Bonchev–Trinajstić information content (AvgIpc) is 0.847. The standard InChI is InChI=1S/C12H16O3.C11H14O3.2C11H16O.C10H12O3.C9H10O3.C9H12O2.2C9H12O.3CH4/c1-8-5-11(14-4)6-9(2)12(8)7-15-10(3)13;1-7-4-8(2)10(11(13)5-7)6-14-9(3)12;1-5-11-8(2)6-10(12-4)7-9(11)3;1-5-10-9(3)6-8(2)7-11(10)12-4;1-8(11)13-7-9-3-5-10(12-2)6-4-9;1-7(10)12-6-8-4-2-3-5-9(8)11;1-3-7-8(10)5-4-6-9(7)11-2;1-3-8-4-6-9(10-2)7-5-8;1-3-8-6-4-5-7-9(8)10-2;;;/h5-6H,7H2,1-4H3;4-5,13H,6H2,1-3H3;2*6-7H,5H2,1-4H3;3-6H,7H2,1-2H3;2-5,11H,6H2,1H3;4-6,10H,3H2,1-2H3;2*4-7H,3H2,1-2H3;3*1H4. The molecule has 18 nitrogen and oxygen atoms in total. The van der Waals surface area contributed by atoms with Gasteiger partial charge in [0.1, 0.15) is 83.9 Å². The number of methoxy groups -OCH3 is 7. The third-order valence-electron chi connectivity index (χ3n) is 16.6. The van der Waals surface area contributed by atoms with Crippen molar-refractivity contribution in [1.29, 1.82) is 0 Å². The van der Waals surface area contributed by atoms with Crippen molar-refractivity contribution in [3.63, 3.8) is 0 Å². The van der Waals surface area contributed by atoms with Crippen molar-refractivity contribution in [2.24, 2.45) is 0 Å². The van der Waals surface area contributed by atoms with Gasteiger partial charge in [0.15, 0.2) is 0 Å². The zero-order chi connectivity index (χ0) is 82.1. The zero-order valence-electron chi connectivity index (χ0n) is 68.9. The summed E-state index contributed by atoms with van der Waals surface area (Å²) in [4.78, 5) is 42.2. The molecule has 0 aliphatic rings. The molecule has 9 aromatic rings. The van der Waals surface area contributed by atoms with Crippen molar-refractivity contribution >= 4 is 23.9 Å². The maximum absolute atomic E-state index is 10.7. The first-order valence-electron chi connectivity index (χ1n) is 36.1. The Morgan fingerprint density at radius 1 is 0.277 bits per heavy atom. The molecule has 0 spiro atoms. The quantitative estimate of drug-likeness (QED) is 0.0476. The number of carbonyl (C=O) groups is 4. The van der Waals surface area contributed by atoms with E-state index in [-0.39, 0.29) is 70.9 Å².